The number of primary amides is 1. The van der Waals surface area contributed by atoms with Gasteiger partial charge in [0.2, 0.25) is 11.8 Å². The van der Waals surface area contributed by atoms with Gasteiger partial charge in [0.25, 0.3) is 0 Å². The van der Waals surface area contributed by atoms with E-state index in [1.54, 1.807) is 18.2 Å². The van der Waals surface area contributed by atoms with Crippen LogP contribution in [0.15, 0.2) is 22.7 Å². The molecule has 0 fully saturated rings. The molecule has 2 atom stereocenters. The van der Waals surface area contributed by atoms with E-state index in [1.165, 1.54) is 0 Å². The van der Waals surface area contributed by atoms with E-state index in [4.69, 9.17) is 17.3 Å². The minimum absolute atomic E-state index is 0.162. The Hall–Kier alpha value is -1.11. The zero-order valence-corrected chi connectivity index (χ0v) is 14.8. The third-order valence-electron chi connectivity index (χ3n) is 3.09. The first-order chi connectivity index (χ1) is 10.2. The Labute approximate surface area is 143 Å². The van der Waals surface area contributed by atoms with E-state index >= 15 is 0 Å². The summed E-state index contributed by atoms with van der Waals surface area (Å²) >= 11 is 9.29. The fourth-order valence-corrected chi connectivity index (χ4v) is 2.57. The van der Waals surface area contributed by atoms with Crippen LogP contribution in [0.4, 0.5) is 0 Å². The van der Waals surface area contributed by atoms with Crippen molar-refractivity contribution < 1.29 is 14.7 Å². The third-order valence-corrected chi connectivity index (χ3v) is 4.10. The summed E-state index contributed by atoms with van der Waals surface area (Å²) in [6, 6.07) is 4.24. The third kappa shape index (κ3) is 5.94. The van der Waals surface area contributed by atoms with Crippen LogP contribution < -0.4 is 11.1 Å². The number of carbonyl (C=O) groups is 2. The van der Waals surface area contributed by atoms with Gasteiger partial charge in [-0.3, -0.25) is 9.59 Å². The second kappa shape index (κ2) is 8.50. The number of hydrogen-bond acceptors (Lipinski definition) is 3. The normalized spacial score (nSPS) is 13.7. The monoisotopic (exact) mass is 390 g/mol. The van der Waals surface area contributed by atoms with Gasteiger partial charge in [-0.1, -0.05) is 41.4 Å². The zero-order chi connectivity index (χ0) is 16.9. The van der Waals surface area contributed by atoms with Gasteiger partial charge < -0.3 is 16.2 Å². The largest absolute Gasteiger partial charge is 0.383 e. The van der Waals surface area contributed by atoms with Gasteiger partial charge in [0, 0.05) is 15.9 Å². The average Bonchev–Trinajstić information content (AvgIpc) is 2.40. The van der Waals surface area contributed by atoms with Gasteiger partial charge in [-0.25, -0.2) is 0 Å². The molecule has 0 unspecified atom stereocenters. The molecule has 0 radical (unpaired) electrons. The highest BCUT2D eigenvalue weighted by atomic mass is 79.9. The van der Waals surface area contributed by atoms with E-state index in [1.807, 2.05) is 13.8 Å². The Balaban J connectivity index is 2.80. The summed E-state index contributed by atoms with van der Waals surface area (Å²) in [6.07, 6.45) is -0.654. The molecule has 2 amide bonds. The molecule has 22 heavy (non-hydrogen) atoms. The van der Waals surface area contributed by atoms with Crippen LogP contribution in [0.25, 0.3) is 0 Å². The quantitative estimate of drug-likeness (QED) is 0.664. The Kier molecular flexibility index (Phi) is 7.32. The molecule has 122 valence electrons. The Morgan fingerprint density at radius 1 is 1.41 bits per heavy atom. The molecule has 0 bridgehead atoms. The van der Waals surface area contributed by atoms with Crippen molar-refractivity contribution in [3.05, 3.63) is 33.3 Å². The number of carbonyl (C=O) groups excluding carboxylic acids is 2. The van der Waals surface area contributed by atoms with Gasteiger partial charge in [0.15, 0.2) is 0 Å². The molecular weight excluding hydrogens is 372 g/mol. The zero-order valence-electron chi connectivity index (χ0n) is 12.5. The Morgan fingerprint density at radius 2 is 2.05 bits per heavy atom. The number of nitrogens with one attached hydrogen (secondary N) is 1. The summed E-state index contributed by atoms with van der Waals surface area (Å²) in [5, 5.41) is 12.8. The van der Waals surface area contributed by atoms with Gasteiger partial charge in [-0.2, -0.15) is 0 Å². The number of benzene rings is 1. The van der Waals surface area contributed by atoms with E-state index in [0.29, 0.717) is 11.4 Å². The lowest BCUT2D eigenvalue weighted by molar-refractivity contribution is -0.133. The maximum absolute atomic E-state index is 11.9. The first kappa shape index (κ1) is 18.9. The first-order valence-electron chi connectivity index (χ1n) is 6.92. The number of aliphatic hydroxyl groups excluding tert-OH is 1. The van der Waals surface area contributed by atoms with Crippen LogP contribution in [-0.2, 0) is 16.0 Å². The fraction of sp³-hybridized carbons (Fsp3) is 0.467. The summed E-state index contributed by atoms with van der Waals surface area (Å²) in [7, 11) is 0. The van der Waals surface area contributed by atoms with Crippen LogP contribution in [0.1, 0.15) is 25.8 Å². The summed E-state index contributed by atoms with van der Waals surface area (Å²) in [5.41, 5.74) is 6.08. The summed E-state index contributed by atoms with van der Waals surface area (Å²) in [4.78, 5) is 23.5. The van der Waals surface area contributed by atoms with Crippen molar-refractivity contribution in [3.8, 4) is 0 Å². The van der Waals surface area contributed by atoms with E-state index in [-0.39, 0.29) is 12.3 Å². The smallest absolute Gasteiger partial charge is 0.249 e. The van der Waals surface area contributed by atoms with Crippen LogP contribution >= 0.6 is 27.5 Å². The van der Waals surface area contributed by atoms with Crippen molar-refractivity contribution in [3.63, 3.8) is 0 Å². The Morgan fingerprint density at radius 3 is 2.59 bits per heavy atom. The SMILES string of the molecule is CC(C)C[C@@H](O)C(=O)N[C@@H](Cc1cc(Cl)ccc1Br)C(N)=O. The molecule has 0 aliphatic carbocycles. The number of nitrogens with two attached hydrogens (primary N) is 1. The molecule has 0 heterocycles. The van der Waals surface area contributed by atoms with E-state index in [9.17, 15) is 14.7 Å². The molecule has 7 heteroatoms. The van der Waals surface area contributed by atoms with Crippen molar-refractivity contribution in [2.45, 2.75) is 38.8 Å². The highest BCUT2D eigenvalue weighted by Crippen LogP contribution is 2.22. The number of amides is 2. The number of hydrogen-bond donors (Lipinski definition) is 3. The second-order valence-electron chi connectivity index (χ2n) is 5.55. The van der Waals surface area contributed by atoms with Crippen LogP contribution in [-0.4, -0.2) is 29.1 Å². The molecule has 0 saturated heterocycles. The topological polar surface area (TPSA) is 92.4 Å². The lowest BCUT2D eigenvalue weighted by atomic mass is 10.0. The van der Waals surface area contributed by atoms with Crippen LogP contribution in [0.5, 0.6) is 0 Å². The minimum Gasteiger partial charge on any atom is -0.383 e. The summed E-state index contributed by atoms with van der Waals surface area (Å²) in [5.74, 6) is -1.11. The van der Waals surface area contributed by atoms with Gasteiger partial charge in [0.1, 0.15) is 12.1 Å². The first-order valence-corrected chi connectivity index (χ1v) is 8.09. The summed E-state index contributed by atoms with van der Waals surface area (Å²) in [6.45, 7) is 3.79. The fourth-order valence-electron chi connectivity index (χ4n) is 1.96. The maximum atomic E-state index is 11.9. The van der Waals surface area contributed by atoms with E-state index in [2.05, 4.69) is 21.2 Å². The molecular formula is C15H20BrClN2O3. The number of halogens is 2. The highest BCUT2D eigenvalue weighted by molar-refractivity contribution is 9.10. The minimum atomic E-state index is -1.16. The van der Waals surface area contributed by atoms with Gasteiger partial charge in [-0.05, 0) is 36.1 Å². The summed E-state index contributed by atoms with van der Waals surface area (Å²) < 4.78 is 0.764. The second-order valence-corrected chi connectivity index (χ2v) is 6.84. The van der Waals surface area contributed by atoms with E-state index in [0.717, 1.165) is 10.0 Å². The molecule has 5 nitrogen and oxygen atoms in total. The lowest BCUT2D eigenvalue weighted by Gasteiger charge is -2.19. The molecule has 0 aliphatic heterocycles. The Bertz CT molecular complexity index is 552. The molecule has 4 N–H and O–H groups in total. The molecule has 1 aromatic rings. The molecule has 1 aromatic carbocycles. The van der Waals surface area contributed by atoms with Crippen molar-refractivity contribution in [2.24, 2.45) is 11.7 Å². The van der Waals surface area contributed by atoms with Crippen LogP contribution in [0.3, 0.4) is 0 Å². The van der Waals surface area contributed by atoms with Crippen LogP contribution in [0.2, 0.25) is 5.02 Å². The van der Waals surface area contributed by atoms with Crippen molar-refractivity contribution >= 4 is 39.3 Å². The lowest BCUT2D eigenvalue weighted by Crippen LogP contribution is -2.49. The predicted octanol–water partition coefficient (Wildman–Crippen LogP) is 2.02. The molecule has 0 aromatic heterocycles. The predicted molar refractivity (Wildman–Crippen MR) is 89.4 cm³/mol. The molecule has 0 spiro atoms. The maximum Gasteiger partial charge on any atom is 0.249 e. The van der Waals surface area contributed by atoms with Crippen molar-refractivity contribution in [2.75, 3.05) is 0 Å². The highest BCUT2D eigenvalue weighted by Gasteiger charge is 2.24. The van der Waals surface area contributed by atoms with Gasteiger partial charge >= 0.3 is 0 Å². The van der Waals surface area contributed by atoms with Gasteiger partial charge in [-0.15, -0.1) is 0 Å². The van der Waals surface area contributed by atoms with Crippen molar-refractivity contribution in [1.82, 2.24) is 5.32 Å². The molecule has 0 aliphatic rings. The standard InChI is InChI=1S/C15H20BrClN2O3/c1-8(2)5-13(20)15(22)19-12(14(18)21)7-9-6-10(17)3-4-11(9)16/h3-4,6,8,12-13,20H,5,7H2,1-2H3,(H2,18,21)(H,19,22)/t12-,13+/m0/s1. The van der Waals surface area contributed by atoms with Gasteiger partial charge in [0.05, 0.1) is 0 Å². The van der Waals surface area contributed by atoms with Crippen LogP contribution in [0, 0.1) is 5.92 Å². The number of aliphatic hydroxyl groups is 1. The molecule has 0 saturated carbocycles. The van der Waals surface area contributed by atoms with E-state index < -0.39 is 24.0 Å². The van der Waals surface area contributed by atoms with Crippen molar-refractivity contribution in [1.29, 1.82) is 0 Å². The molecule has 1 rings (SSSR count). The average molecular weight is 392 g/mol. The number of rotatable bonds is 7.